The van der Waals surface area contributed by atoms with E-state index in [0.29, 0.717) is 18.4 Å². The van der Waals surface area contributed by atoms with Crippen molar-refractivity contribution in [1.82, 2.24) is 9.97 Å². The van der Waals surface area contributed by atoms with Gasteiger partial charge < -0.3 is 10.6 Å². The Balaban J connectivity index is 1.70. The van der Waals surface area contributed by atoms with Crippen LogP contribution in [-0.4, -0.2) is 9.97 Å². The Morgan fingerprint density at radius 1 is 1.00 bits per heavy atom. The lowest BCUT2D eigenvalue weighted by Crippen LogP contribution is -2.05. The fraction of sp³-hybridized carbons (Fsp3) is 0.200. The topological polar surface area (TPSA) is 49.8 Å². The van der Waals surface area contributed by atoms with Crippen LogP contribution < -0.4 is 10.6 Å². The summed E-state index contributed by atoms with van der Waals surface area (Å²) in [5, 5.41) is 7.36. The number of rotatable bonds is 6. The average Bonchev–Trinajstić information content (AvgIpc) is 2.62. The number of aromatic nitrogens is 2. The van der Waals surface area contributed by atoms with Crippen molar-refractivity contribution in [3.63, 3.8) is 0 Å². The van der Waals surface area contributed by atoms with Gasteiger partial charge in [-0.2, -0.15) is 4.98 Å². The molecule has 0 amide bonds. The summed E-state index contributed by atoms with van der Waals surface area (Å²) in [5.74, 6) is 1.79. The molecule has 1 aromatic heterocycles. The highest BCUT2D eigenvalue weighted by atomic mass is 35.5. The van der Waals surface area contributed by atoms with Gasteiger partial charge in [0.05, 0.1) is 0 Å². The first-order chi connectivity index (χ1) is 12.1. The van der Waals surface area contributed by atoms with Gasteiger partial charge in [0.2, 0.25) is 5.95 Å². The van der Waals surface area contributed by atoms with Gasteiger partial charge in [-0.3, -0.25) is 0 Å². The molecule has 3 rings (SSSR count). The van der Waals surface area contributed by atoms with E-state index in [1.165, 1.54) is 5.56 Å². The van der Waals surface area contributed by atoms with Crippen molar-refractivity contribution in [3.8, 4) is 0 Å². The van der Waals surface area contributed by atoms with Crippen molar-refractivity contribution in [2.24, 2.45) is 0 Å². The molecule has 0 bridgehead atoms. The SMILES string of the molecule is CC(C)c1ccccc1Nc1ccnc(NCc2ccc(Cl)cc2)n1. The molecule has 0 fully saturated rings. The molecule has 0 atom stereocenters. The number of halogens is 1. The number of hydrogen-bond donors (Lipinski definition) is 2. The molecule has 0 aliphatic heterocycles. The van der Waals surface area contributed by atoms with Crippen LogP contribution in [0.3, 0.4) is 0 Å². The van der Waals surface area contributed by atoms with Gasteiger partial charge in [0.25, 0.3) is 0 Å². The molecule has 2 aromatic carbocycles. The number of para-hydroxylation sites is 1. The number of hydrogen-bond acceptors (Lipinski definition) is 4. The minimum Gasteiger partial charge on any atom is -0.350 e. The molecule has 0 saturated carbocycles. The van der Waals surface area contributed by atoms with Gasteiger partial charge in [-0.05, 0) is 41.3 Å². The monoisotopic (exact) mass is 352 g/mol. The van der Waals surface area contributed by atoms with E-state index in [4.69, 9.17) is 11.6 Å². The fourth-order valence-corrected chi connectivity index (χ4v) is 2.68. The first-order valence-corrected chi connectivity index (χ1v) is 8.67. The second-order valence-electron chi connectivity index (χ2n) is 6.11. The Morgan fingerprint density at radius 3 is 2.52 bits per heavy atom. The maximum atomic E-state index is 5.91. The molecule has 0 saturated heterocycles. The van der Waals surface area contributed by atoms with Gasteiger partial charge in [-0.15, -0.1) is 0 Å². The van der Waals surface area contributed by atoms with Crippen LogP contribution in [0.1, 0.15) is 30.9 Å². The van der Waals surface area contributed by atoms with Crippen LogP contribution in [0.4, 0.5) is 17.5 Å². The number of benzene rings is 2. The molecular formula is C20H21ClN4. The summed E-state index contributed by atoms with van der Waals surface area (Å²) in [6.07, 6.45) is 1.75. The maximum Gasteiger partial charge on any atom is 0.224 e. The van der Waals surface area contributed by atoms with Crippen molar-refractivity contribution in [3.05, 3.63) is 76.9 Å². The van der Waals surface area contributed by atoms with E-state index in [2.05, 4.69) is 52.6 Å². The van der Waals surface area contributed by atoms with Crippen LogP contribution in [0.15, 0.2) is 60.8 Å². The largest absolute Gasteiger partial charge is 0.350 e. The van der Waals surface area contributed by atoms with Crippen molar-refractivity contribution >= 4 is 29.1 Å². The van der Waals surface area contributed by atoms with E-state index in [-0.39, 0.29) is 0 Å². The lowest BCUT2D eigenvalue weighted by molar-refractivity contribution is 0.869. The molecule has 0 aliphatic carbocycles. The van der Waals surface area contributed by atoms with Gasteiger partial charge in [0, 0.05) is 23.5 Å². The minimum atomic E-state index is 0.438. The highest BCUT2D eigenvalue weighted by Gasteiger charge is 2.07. The quantitative estimate of drug-likeness (QED) is 0.605. The molecule has 4 nitrogen and oxygen atoms in total. The minimum absolute atomic E-state index is 0.438. The highest BCUT2D eigenvalue weighted by molar-refractivity contribution is 6.30. The lowest BCUT2D eigenvalue weighted by atomic mass is 10.0. The van der Waals surface area contributed by atoms with Crippen molar-refractivity contribution in [1.29, 1.82) is 0 Å². The summed E-state index contributed by atoms with van der Waals surface area (Å²) in [5.41, 5.74) is 3.45. The summed E-state index contributed by atoms with van der Waals surface area (Å²) in [4.78, 5) is 8.82. The molecule has 0 aliphatic rings. The van der Waals surface area contributed by atoms with Crippen molar-refractivity contribution in [2.45, 2.75) is 26.3 Å². The van der Waals surface area contributed by atoms with E-state index in [1.54, 1.807) is 6.20 Å². The Hall–Kier alpha value is -2.59. The predicted molar refractivity (Wildman–Crippen MR) is 105 cm³/mol. The zero-order valence-corrected chi connectivity index (χ0v) is 15.1. The molecule has 0 radical (unpaired) electrons. The first kappa shape index (κ1) is 17.2. The van der Waals surface area contributed by atoms with E-state index in [0.717, 1.165) is 22.1 Å². The Bertz CT molecular complexity index is 831. The van der Waals surface area contributed by atoms with Crippen LogP contribution in [0, 0.1) is 0 Å². The van der Waals surface area contributed by atoms with E-state index in [9.17, 15) is 0 Å². The predicted octanol–water partition coefficient (Wildman–Crippen LogP) is 5.61. The molecule has 1 heterocycles. The Kier molecular flexibility index (Phi) is 5.51. The zero-order chi connectivity index (χ0) is 17.6. The Morgan fingerprint density at radius 2 is 1.76 bits per heavy atom. The average molecular weight is 353 g/mol. The molecular weight excluding hydrogens is 332 g/mol. The summed E-state index contributed by atoms with van der Waals surface area (Å²) >= 11 is 5.91. The van der Waals surface area contributed by atoms with Crippen LogP contribution in [-0.2, 0) is 6.54 Å². The second-order valence-corrected chi connectivity index (χ2v) is 6.55. The Labute approximate surface area is 153 Å². The van der Waals surface area contributed by atoms with Gasteiger partial charge >= 0.3 is 0 Å². The third-order valence-corrected chi connectivity index (χ3v) is 4.12. The van der Waals surface area contributed by atoms with Crippen molar-refractivity contribution in [2.75, 3.05) is 10.6 Å². The molecule has 3 aromatic rings. The second kappa shape index (κ2) is 7.99. The van der Waals surface area contributed by atoms with E-state index in [1.807, 2.05) is 36.4 Å². The van der Waals surface area contributed by atoms with E-state index < -0.39 is 0 Å². The summed E-state index contributed by atoms with van der Waals surface area (Å²) in [6.45, 7) is 5.00. The summed E-state index contributed by atoms with van der Waals surface area (Å²) < 4.78 is 0. The van der Waals surface area contributed by atoms with Crippen LogP contribution in [0.5, 0.6) is 0 Å². The molecule has 25 heavy (non-hydrogen) atoms. The summed E-state index contributed by atoms with van der Waals surface area (Å²) in [6, 6.07) is 17.9. The van der Waals surface area contributed by atoms with Crippen LogP contribution in [0.2, 0.25) is 5.02 Å². The van der Waals surface area contributed by atoms with Crippen molar-refractivity contribution < 1.29 is 0 Å². The third-order valence-electron chi connectivity index (χ3n) is 3.86. The fourth-order valence-electron chi connectivity index (χ4n) is 2.55. The normalized spacial score (nSPS) is 10.7. The van der Waals surface area contributed by atoms with E-state index >= 15 is 0 Å². The first-order valence-electron chi connectivity index (χ1n) is 8.29. The van der Waals surface area contributed by atoms with Gasteiger partial charge in [0.15, 0.2) is 0 Å². The molecule has 0 spiro atoms. The smallest absolute Gasteiger partial charge is 0.224 e. The highest BCUT2D eigenvalue weighted by Crippen LogP contribution is 2.26. The van der Waals surface area contributed by atoms with Crippen LogP contribution >= 0.6 is 11.6 Å². The number of nitrogens with one attached hydrogen (secondary N) is 2. The van der Waals surface area contributed by atoms with Crippen LogP contribution in [0.25, 0.3) is 0 Å². The zero-order valence-electron chi connectivity index (χ0n) is 14.3. The lowest BCUT2D eigenvalue weighted by Gasteiger charge is -2.14. The van der Waals surface area contributed by atoms with Gasteiger partial charge in [0.1, 0.15) is 5.82 Å². The molecule has 5 heteroatoms. The van der Waals surface area contributed by atoms with Gasteiger partial charge in [-0.25, -0.2) is 4.98 Å². The number of anilines is 3. The third kappa shape index (κ3) is 4.70. The maximum absolute atomic E-state index is 5.91. The number of nitrogens with zero attached hydrogens (tertiary/aromatic N) is 2. The summed E-state index contributed by atoms with van der Waals surface area (Å²) in [7, 11) is 0. The molecule has 128 valence electrons. The molecule has 0 unspecified atom stereocenters. The van der Waals surface area contributed by atoms with Gasteiger partial charge in [-0.1, -0.05) is 55.8 Å². The standard InChI is InChI=1S/C20H21ClN4/c1-14(2)17-5-3-4-6-18(17)24-19-11-12-22-20(25-19)23-13-15-7-9-16(21)10-8-15/h3-12,14H,13H2,1-2H3,(H2,22,23,24,25). The molecule has 2 N–H and O–H groups in total.